The van der Waals surface area contributed by atoms with Gasteiger partial charge in [-0.1, -0.05) is 12.8 Å². The summed E-state index contributed by atoms with van der Waals surface area (Å²) in [4.78, 5) is 11.3. The van der Waals surface area contributed by atoms with Crippen LogP contribution in [0.1, 0.15) is 25.7 Å². The first-order chi connectivity index (χ1) is 7.88. The second-order valence-electron chi connectivity index (χ2n) is 3.74. The van der Waals surface area contributed by atoms with Gasteiger partial charge in [-0.25, -0.2) is 0 Å². The molecule has 0 radical (unpaired) electrons. The summed E-state index contributed by atoms with van der Waals surface area (Å²) in [5, 5.41) is 10.7. The second-order valence-corrected chi connectivity index (χ2v) is 4.80. The van der Waals surface area contributed by atoms with Crippen molar-refractivity contribution >= 4 is 17.9 Å². The van der Waals surface area contributed by atoms with Crippen LogP contribution in [0.4, 0.5) is 13.2 Å². The lowest BCUT2D eigenvalue weighted by molar-refractivity contribution is -0.148. The number of alkyl halides is 3. The van der Waals surface area contributed by atoms with Crippen molar-refractivity contribution in [1.82, 2.24) is 4.47 Å². The molecular formula is C9H13F3NO3S-. The minimum atomic E-state index is -4.60. The number of esters is 1. The van der Waals surface area contributed by atoms with Crippen molar-refractivity contribution in [3.8, 4) is 0 Å². The summed E-state index contributed by atoms with van der Waals surface area (Å²) in [6, 6.07) is 0. The molecule has 0 aromatic heterocycles. The van der Waals surface area contributed by atoms with E-state index in [2.05, 4.69) is 0 Å². The fraction of sp³-hybridized carbons (Fsp3) is 0.889. The van der Waals surface area contributed by atoms with Gasteiger partial charge in [0.2, 0.25) is 0 Å². The first-order valence-electron chi connectivity index (χ1n) is 5.25. The standard InChI is InChI=1S/C9H13F3NO3S/c10-9(11,12)17-13(15)5-6-16-8(14)7-3-1-2-4-7/h7H,1-6H2/q-1. The zero-order valence-corrected chi connectivity index (χ0v) is 9.85. The Kier molecular flexibility index (Phi) is 5.54. The van der Waals surface area contributed by atoms with Crippen molar-refractivity contribution in [3.05, 3.63) is 5.21 Å². The zero-order valence-electron chi connectivity index (χ0n) is 9.03. The van der Waals surface area contributed by atoms with Crippen molar-refractivity contribution in [2.45, 2.75) is 31.2 Å². The Morgan fingerprint density at radius 1 is 1.41 bits per heavy atom. The van der Waals surface area contributed by atoms with Gasteiger partial charge in [-0.2, -0.15) is 13.2 Å². The molecule has 1 aliphatic carbocycles. The van der Waals surface area contributed by atoms with Crippen LogP contribution in [-0.2, 0) is 9.53 Å². The van der Waals surface area contributed by atoms with E-state index in [4.69, 9.17) is 4.74 Å². The molecule has 100 valence electrons. The average Bonchev–Trinajstić information content (AvgIpc) is 2.66. The summed E-state index contributed by atoms with van der Waals surface area (Å²) in [5.74, 6) is -0.557. The smallest absolute Gasteiger partial charge is 0.455 e. The first kappa shape index (κ1) is 14.6. The molecule has 0 aliphatic heterocycles. The predicted octanol–water partition coefficient (Wildman–Crippen LogP) is 2.69. The normalized spacial score (nSPS) is 17.7. The monoisotopic (exact) mass is 272 g/mol. The van der Waals surface area contributed by atoms with E-state index in [0.717, 1.165) is 25.7 Å². The molecule has 4 nitrogen and oxygen atoms in total. The van der Waals surface area contributed by atoms with Gasteiger partial charge in [-0.3, -0.25) is 4.79 Å². The van der Waals surface area contributed by atoms with Crippen molar-refractivity contribution in [1.29, 1.82) is 0 Å². The third kappa shape index (κ3) is 6.13. The summed E-state index contributed by atoms with van der Waals surface area (Å²) in [6.45, 7) is -0.787. The van der Waals surface area contributed by atoms with Gasteiger partial charge in [0, 0.05) is 18.5 Å². The van der Waals surface area contributed by atoms with E-state index in [0.29, 0.717) is 0 Å². The van der Waals surface area contributed by atoms with Gasteiger partial charge >= 0.3 is 11.5 Å². The molecule has 1 fully saturated rings. The molecule has 0 heterocycles. The molecular weight excluding hydrogens is 259 g/mol. The number of hydroxylamine groups is 1. The van der Waals surface area contributed by atoms with Crippen LogP contribution < -0.4 is 0 Å². The van der Waals surface area contributed by atoms with Gasteiger partial charge < -0.3 is 14.4 Å². The summed E-state index contributed by atoms with van der Waals surface area (Å²) in [7, 11) is 0. The number of carbonyl (C=O) groups is 1. The lowest BCUT2D eigenvalue weighted by Crippen LogP contribution is -2.23. The Labute approximate surface area is 101 Å². The van der Waals surface area contributed by atoms with Crippen LogP contribution in [0.2, 0.25) is 0 Å². The SMILES string of the molecule is O=C(OCCN([O-])SC(F)(F)F)C1CCCC1. The number of nitrogens with zero attached hydrogens (tertiary/aromatic N) is 1. The fourth-order valence-electron chi connectivity index (χ4n) is 1.66. The lowest BCUT2D eigenvalue weighted by atomic mass is 10.1. The molecule has 0 N–H and O–H groups in total. The number of rotatable bonds is 5. The minimum Gasteiger partial charge on any atom is -0.775 e. The van der Waals surface area contributed by atoms with Crippen molar-refractivity contribution in [3.63, 3.8) is 0 Å². The predicted molar refractivity (Wildman–Crippen MR) is 56.6 cm³/mol. The molecule has 17 heavy (non-hydrogen) atoms. The largest absolute Gasteiger partial charge is 0.775 e. The molecule has 1 saturated carbocycles. The minimum absolute atomic E-state index is 0.148. The van der Waals surface area contributed by atoms with Gasteiger partial charge in [-0.15, -0.1) is 0 Å². The van der Waals surface area contributed by atoms with Crippen LogP contribution in [0.15, 0.2) is 0 Å². The Morgan fingerprint density at radius 2 is 2.00 bits per heavy atom. The topological polar surface area (TPSA) is 52.6 Å². The van der Waals surface area contributed by atoms with E-state index >= 15 is 0 Å². The maximum atomic E-state index is 11.8. The maximum Gasteiger partial charge on any atom is 0.455 e. The fourth-order valence-corrected chi connectivity index (χ4v) is 2.06. The molecule has 1 aliphatic rings. The molecule has 1 rings (SSSR count). The van der Waals surface area contributed by atoms with E-state index in [1.54, 1.807) is 0 Å². The first-order valence-corrected chi connectivity index (χ1v) is 6.03. The third-order valence-corrected chi connectivity index (χ3v) is 3.01. The highest BCUT2D eigenvalue weighted by atomic mass is 32.2. The molecule has 0 spiro atoms. The third-order valence-electron chi connectivity index (χ3n) is 2.41. The molecule has 0 saturated heterocycles. The number of hydrogen-bond acceptors (Lipinski definition) is 5. The van der Waals surface area contributed by atoms with E-state index in [-0.39, 0.29) is 17.0 Å². The molecule has 0 atom stereocenters. The Morgan fingerprint density at radius 3 is 2.53 bits per heavy atom. The molecule has 0 bridgehead atoms. The second kappa shape index (κ2) is 6.46. The number of ether oxygens (including phenoxy) is 1. The summed E-state index contributed by atoms with van der Waals surface area (Å²) < 4.78 is 39.8. The van der Waals surface area contributed by atoms with Gasteiger partial charge in [-0.05, 0) is 12.8 Å². The quantitative estimate of drug-likeness (QED) is 0.437. The highest BCUT2D eigenvalue weighted by Crippen LogP contribution is 2.32. The summed E-state index contributed by atoms with van der Waals surface area (Å²) in [6.07, 6.45) is 3.46. The molecule has 0 aromatic carbocycles. The highest BCUT2D eigenvalue weighted by molar-refractivity contribution is 7.97. The van der Waals surface area contributed by atoms with Gasteiger partial charge in [0.05, 0.1) is 5.92 Å². The van der Waals surface area contributed by atoms with Crippen LogP contribution >= 0.6 is 11.9 Å². The number of hydrogen-bond donors (Lipinski definition) is 0. The van der Waals surface area contributed by atoms with Gasteiger partial charge in [0.25, 0.3) is 0 Å². The van der Waals surface area contributed by atoms with Gasteiger partial charge in [0.1, 0.15) is 6.61 Å². The summed E-state index contributed by atoms with van der Waals surface area (Å²) in [5.41, 5.74) is -4.60. The number of halogens is 3. The van der Waals surface area contributed by atoms with E-state index < -0.39 is 30.0 Å². The van der Waals surface area contributed by atoms with Gasteiger partial charge in [0.15, 0.2) is 0 Å². The van der Waals surface area contributed by atoms with Crippen LogP contribution in [-0.4, -0.2) is 29.1 Å². The van der Waals surface area contributed by atoms with E-state index in [1.165, 1.54) is 0 Å². The lowest BCUT2D eigenvalue weighted by Gasteiger charge is -2.26. The van der Waals surface area contributed by atoms with Crippen LogP contribution in [0.5, 0.6) is 0 Å². The van der Waals surface area contributed by atoms with Crippen molar-refractivity contribution < 1.29 is 22.7 Å². The average molecular weight is 272 g/mol. The van der Waals surface area contributed by atoms with Crippen LogP contribution in [0.3, 0.4) is 0 Å². The van der Waals surface area contributed by atoms with E-state index in [9.17, 15) is 23.2 Å². The Hall–Kier alpha value is -0.470. The van der Waals surface area contributed by atoms with Crippen molar-refractivity contribution in [2.75, 3.05) is 13.2 Å². The highest BCUT2D eigenvalue weighted by Gasteiger charge is 2.29. The Bertz CT molecular complexity index is 256. The molecule has 0 aromatic rings. The zero-order chi connectivity index (χ0) is 12.9. The summed E-state index contributed by atoms with van der Waals surface area (Å²) >= 11 is -0.773. The van der Waals surface area contributed by atoms with Crippen molar-refractivity contribution in [2.24, 2.45) is 5.92 Å². The molecule has 8 heteroatoms. The van der Waals surface area contributed by atoms with E-state index in [1.807, 2.05) is 0 Å². The Balaban J connectivity index is 2.12. The number of carbonyl (C=O) groups excluding carboxylic acids is 1. The van der Waals surface area contributed by atoms with Crippen LogP contribution in [0, 0.1) is 11.1 Å². The molecule has 0 amide bonds. The maximum absolute atomic E-state index is 11.8. The molecule has 0 unspecified atom stereocenters. The van der Waals surface area contributed by atoms with Crippen LogP contribution in [0.25, 0.3) is 0 Å².